The molecule has 96 valence electrons. The molecule has 1 atom stereocenters. The van der Waals surface area contributed by atoms with Crippen molar-refractivity contribution >= 4 is 23.2 Å². The van der Waals surface area contributed by atoms with E-state index in [2.05, 4.69) is 15.4 Å². The first-order chi connectivity index (χ1) is 8.54. The van der Waals surface area contributed by atoms with Crippen molar-refractivity contribution in [3.8, 4) is 0 Å². The molecular formula is C11H12Cl2N4O. The molecule has 1 aromatic carbocycles. The Balaban J connectivity index is 2.00. The molecular weight excluding hydrogens is 275 g/mol. The van der Waals surface area contributed by atoms with E-state index >= 15 is 0 Å². The van der Waals surface area contributed by atoms with Crippen LogP contribution >= 0.6 is 23.2 Å². The van der Waals surface area contributed by atoms with Crippen LogP contribution < -0.4 is 0 Å². The van der Waals surface area contributed by atoms with Crippen LogP contribution in [0.15, 0.2) is 18.2 Å². The summed E-state index contributed by atoms with van der Waals surface area (Å²) in [5, 5.41) is 22.6. The average molecular weight is 287 g/mol. The van der Waals surface area contributed by atoms with E-state index in [1.165, 1.54) is 4.80 Å². The van der Waals surface area contributed by atoms with E-state index in [9.17, 15) is 5.11 Å². The molecule has 7 heteroatoms. The number of aryl methyl sites for hydroxylation is 1. The molecule has 0 bridgehead atoms. The number of rotatable bonds is 4. The van der Waals surface area contributed by atoms with E-state index in [-0.39, 0.29) is 0 Å². The largest absolute Gasteiger partial charge is 0.392 e. The standard InChI is InChI=1S/C11H12Cl2N4O/c1-17-15-11(14-16-17)6-9(18)4-7-2-3-8(12)5-10(7)13/h2-3,5,9,18H,4,6H2,1H3. The van der Waals surface area contributed by atoms with Crippen LogP contribution in [0.3, 0.4) is 0 Å². The molecule has 0 saturated carbocycles. The third-order valence-corrected chi connectivity index (χ3v) is 3.03. The third kappa shape index (κ3) is 3.41. The maximum absolute atomic E-state index is 9.95. The van der Waals surface area contributed by atoms with Gasteiger partial charge in [0, 0.05) is 22.9 Å². The fourth-order valence-corrected chi connectivity index (χ4v) is 2.11. The van der Waals surface area contributed by atoms with Crippen molar-refractivity contribution < 1.29 is 5.11 Å². The number of tetrazole rings is 1. The normalized spacial score (nSPS) is 12.7. The Labute approximate surface area is 114 Å². The van der Waals surface area contributed by atoms with Crippen molar-refractivity contribution in [2.45, 2.75) is 18.9 Å². The average Bonchev–Trinajstić information content (AvgIpc) is 2.68. The zero-order valence-corrected chi connectivity index (χ0v) is 11.2. The smallest absolute Gasteiger partial charge is 0.177 e. The Morgan fingerprint density at radius 3 is 2.72 bits per heavy atom. The summed E-state index contributed by atoms with van der Waals surface area (Å²) in [6.45, 7) is 0. The lowest BCUT2D eigenvalue weighted by atomic mass is 10.1. The van der Waals surface area contributed by atoms with Gasteiger partial charge in [-0.25, -0.2) is 0 Å². The number of hydrogen-bond acceptors (Lipinski definition) is 4. The lowest BCUT2D eigenvalue weighted by Gasteiger charge is -2.09. The Hall–Kier alpha value is -1.17. The second-order valence-electron chi connectivity index (χ2n) is 3.99. The summed E-state index contributed by atoms with van der Waals surface area (Å²) in [6.07, 6.45) is 0.161. The molecule has 0 radical (unpaired) electrons. The van der Waals surface area contributed by atoms with Gasteiger partial charge in [-0.05, 0) is 22.9 Å². The Morgan fingerprint density at radius 2 is 2.11 bits per heavy atom. The van der Waals surface area contributed by atoms with Gasteiger partial charge in [0.2, 0.25) is 0 Å². The minimum atomic E-state index is -0.604. The van der Waals surface area contributed by atoms with Crippen molar-refractivity contribution in [2.24, 2.45) is 7.05 Å². The van der Waals surface area contributed by atoms with Crippen molar-refractivity contribution in [2.75, 3.05) is 0 Å². The van der Waals surface area contributed by atoms with Crippen LogP contribution in [0.5, 0.6) is 0 Å². The summed E-state index contributed by atoms with van der Waals surface area (Å²) >= 11 is 11.8. The summed E-state index contributed by atoms with van der Waals surface area (Å²) in [7, 11) is 1.68. The molecule has 1 aromatic heterocycles. The van der Waals surface area contributed by atoms with Gasteiger partial charge in [0.25, 0.3) is 0 Å². The van der Waals surface area contributed by atoms with E-state index in [0.717, 1.165) is 5.56 Å². The van der Waals surface area contributed by atoms with Crippen LogP contribution in [0.25, 0.3) is 0 Å². The molecule has 5 nitrogen and oxygen atoms in total. The lowest BCUT2D eigenvalue weighted by Crippen LogP contribution is -2.15. The highest BCUT2D eigenvalue weighted by Crippen LogP contribution is 2.22. The SMILES string of the molecule is Cn1nnc(CC(O)Cc2ccc(Cl)cc2Cl)n1. The first-order valence-electron chi connectivity index (χ1n) is 5.39. The summed E-state index contributed by atoms with van der Waals surface area (Å²) in [6, 6.07) is 5.21. The van der Waals surface area contributed by atoms with E-state index < -0.39 is 6.10 Å². The highest BCUT2D eigenvalue weighted by atomic mass is 35.5. The number of hydrogen-bond donors (Lipinski definition) is 1. The predicted octanol–water partition coefficient (Wildman–Crippen LogP) is 1.66. The van der Waals surface area contributed by atoms with Gasteiger partial charge in [0.1, 0.15) is 0 Å². The highest BCUT2D eigenvalue weighted by Gasteiger charge is 2.12. The Kier molecular flexibility index (Phi) is 4.16. The number of aliphatic hydroxyl groups is 1. The quantitative estimate of drug-likeness (QED) is 0.929. The molecule has 0 aliphatic heterocycles. The zero-order chi connectivity index (χ0) is 13.1. The van der Waals surface area contributed by atoms with Crippen LogP contribution in [0.2, 0.25) is 10.0 Å². The van der Waals surface area contributed by atoms with Gasteiger partial charge >= 0.3 is 0 Å². The zero-order valence-electron chi connectivity index (χ0n) is 9.72. The molecule has 0 amide bonds. The first-order valence-corrected chi connectivity index (χ1v) is 6.15. The summed E-state index contributed by atoms with van der Waals surface area (Å²) in [4.78, 5) is 1.36. The molecule has 0 aliphatic carbocycles. The molecule has 0 aliphatic rings. The molecule has 0 fully saturated rings. The minimum Gasteiger partial charge on any atom is -0.392 e. The molecule has 2 rings (SSSR count). The van der Waals surface area contributed by atoms with Crippen LogP contribution in [0.1, 0.15) is 11.4 Å². The van der Waals surface area contributed by atoms with Gasteiger partial charge in [-0.2, -0.15) is 4.80 Å². The Bertz CT molecular complexity index is 544. The van der Waals surface area contributed by atoms with Gasteiger partial charge in [0.05, 0.1) is 13.2 Å². The van der Waals surface area contributed by atoms with Crippen molar-refractivity contribution in [3.05, 3.63) is 39.6 Å². The monoisotopic (exact) mass is 286 g/mol. The van der Waals surface area contributed by atoms with Crippen molar-refractivity contribution in [3.63, 3.8) is 0 Å². The van der Waals surface area contributed by atoms with Crippen LogP contribution in [0.4, 0.5) is 0 Å². The Morgan fingerprint density at radius 1 is 1.33 bits per heavy atom. The van der Waals surface area contributed by atoms with Gasteiger partial charge in [-0.15, -0.1) is 10.2 Å². The van der Waals surface area contributed by atoms with E-state index in [1.54, 1.807) is 25.2 Å². The van der Waals surface area contributed by atoms with Gasteiger partial charge in [-0.1, -0.05) is 29.3 Å². The summed E-state index contributed by atoms with van der Waals surface area (Å²) in [5.74, 6) is 0.509. The predicted molar refractivity (Wildman–Crippen MR) is 68.7 cm³/mol. The van der Waals surface area contributed by atoms with E-state index in [4.69, 9.17) is 23.2 Å². The summed E-state index contributed by atoms with van der Waals surface area (Å²) in [5.41, 5.74) is 0.845. The highest BCUT2D eigenvalue weighted by molar-refractivity contribution is 6.35. The van der Waals surface area contributed by atoms with Crippen LogP contribution in [-0.4, -0.2) is 31.4 Å². The topological polar surface area (TPSA) is 63.8 Å². The second-order valence-corrected chi connectivity index (χ2v) is 4.84. The summed E-state index contributed by atoms with van der Waals surface area (Å²) < 4.78 is 0. The van der Waals surface area contributed by atoms with Crippen LogP contribution in [-0.2, 0) is 19.9 Å². The minimum absolute atomic E-state index is 0.340. The molecule has 0 spiro atoms. The fourth-order valence-electron chi connectivity index (χ4n) is 1.63. The first kappa shape index (κ1) is 13.3. The lowest BCUT2D eigenvalue weighted by molar-refractivity contribution is 0.173. The number of nitrogens with zero attached hydrogens (tertiary/aromatic N) is 4. The molecule has 18 heavy (non-hydrogen) atoms. The van der Waals surface area contributed by atoms with Gasteiger partial charge in [-0.3, -0.25) is 0 Å². The third-order valence-electron chi connectivity index (χ3n) is 2.44. The van der Waals surface area contributed by atoms with E-state index in [1.807, 2.05) is 0 Å². The van der Waals surface area contributed by atoms with Crippen molar-refractivity contribution in [1.82, 2.24) is 20.2 Å². The number of aliphatic hydroxyl groups excluding tert-OH is 1. The maximum atomic E-state index is 9.95. The molecule has 0 saturated heterocycles. The maximum Gasteiger partial charge on any atom is 0.177 e. The van der Waals surface area contributed by atoms with Gasteiger partial charge in [0.15, 0.2) is 5.82 Å². The number of halogens is 2. The van der Waals surface area contributed by atoms with Gasteiger partial charge < -0.3 is 5.11 Å². The van der Waals surface area contributed by atoms with Crippen molar-refractivity contribution in [1.29, 1.82) is 0 Å². The number of aromatic nitrogens is 4. The van der Waals surface area contributed by atoms with Crippen LogP contribution in [0, 0.1) is 0 Å². The molecule has 1 N–H and O–H groups in total. The molecule has 2 aromatic rings. The van der Waals surface area contributed by atoms with E-state index in [0.29, 0.717) is 28.7 Å². The molecule has 1 heterocycles. The number of benzene rings is 1. The molecule has 1 unspecified atom stereocenters. The second kappa shape index (κ2) is 5.65. The fraction of sp³-hybridized carbons (Fsp3) is 0.364.